The van der Waals surface area contributed by atoms with Crippen LogP contribution in [0, 0.1) is 0 Å². The molecular weight excluding hydrogens is 379 g/mol. The first-order valence-corrected chi connectivity index (χ1v) is 9.23. The largest absolute Gasteiger partial charge is 0.336 e. The Kier molecular flexibility index (Phi) is 7.19. The fourth-order valence-electron chi connectivity index (χ4n) is 2.91. The van der Waals surface area contributed by atoms with Gasteiger partial charge in [0.15, 0.2) is 0 Å². The van der Waals surface area contributed by atoms with Gasteiger partial charge in [0.25, 0.3) is 0 Å². The SMILES string of the molecule is CC(Sc1ccccc1Cl)C(=O)N1CCNCC1c1nccn1C.Cl. The molecule has 1 aliphatic heterocycles. The first kappa shape index (κ1) is 20.1. The maximum atomic E-state index is 13.0. The van der Waals surface area contributed by atoms with Gasteiger partial charge in [0.05, 0.1) is 10.3 Å². The minimum absolute atomic E-state index is 0. The number of nitrogens with one attached hydrogen (secondary N) is 1. The maximum Gasteiger partial charge on any atom is 0.236 e. The van der Waals surface area contributed by atoms with Gasteiger partial charge in [-0.2, -0.15) is 0 Å². The lowest BCUT2D eigenvalue weighted by molar-refractivity contribution is -0.133. The van der Waals surface area contributed by atoms with Crippen LogP contribution in [0.5, 0.6) is 0 Å². The molecule has 8 heteroatoms. The summed E-state index contributed by atoms with van der Waals surface area (Å²) in [4.78, 5) is 20.3. The van der Waals surface area contributed by atoms with Crippen LogP contribution in [0.1, 0.15) is 18.8 Å². The normalized spacial score (nSPS) is 18.5. The summed E-state index contributed by atoms with van der Waals surface area (Å²) in [5, 5.41) is 3.84. The Morgan fingerprint density at radius 1 is 1.44 bits per heavy atom. The van der Waals surface area contributed by atoms with Gasteiger partial charge in [-0.1, -0.05) is 23.7 Å². The number of hydrogen-bond donors (Lipinski definition) is 1. The molecule has 136 valence electrons. The number of rotatable bonds is 4. The van der Waals surface area contributed by atoms with Crippen molar-refractivity contribution < 1.29 is 4.79 Å². The van der Waals surface area contributed by atoms with Gasteiger partial charge in [0.1, 0.15) is 11.9 Å². The molecule has 0 saturated carbocycles. The number of nitrogens with zero attached hydrogens (tertiary/aromatic N) is 3. The molecule has 0 bridgehead atoms. The van der Waals surface area contributed by atoms with E-state index in [4.69, 9.17) is 11.6 Å². The molecule has 3 rings (SSSR count). The number of piperazine rings is 1. The second kappa shape index (κ2) is 8.94. The third-order valence-corrected chi connectivity index (χ3v) is 5.78. The third kappa shape index (κ3) is 4.50. The highest BCUT2D eigenvalue weighted by atomic mass is 35.5. The monoisotopic (exact) mass is 400 g/mol. The molecular formula is C17H22Cl2N4OS. The Bertz CT molecular complexity index is 724. The minimum Gasteiger partial charge on any atom is -0.336 e. The molecule has 1 fully saturated rings. The molecule has 2 atom stereocenters. The number of hydrogen-bond acceptors (Lipinski definition) is 4. The summed E-state index contributed by atoms with van der Waals surface area (Å²) >= 11 is 7.73. The van der Waals surface area contributed by atoms with E-state index in [0.29, 0.717) is 11.6 Å². The molecule has 5 nitrogen and oxygen atoms in total. The highest BCUT2D eigenvalue weighted by Crippen LogP contribution is 2.32. The number of amides is 1. The van der Waals surface area contributed by atoms with Crippen molar-refractivity contribution in [3.63, 3.8) is 0 Å². The van der Waals surface area contributed by atoms with Crippen LogP contribution in [0.2, 0.25) is 5.02 Å². The third-order valence-electron chi connectivity index (χ3n) is 4.17. The van der Waals surface area contributed by atoms with Gasteiger partial charge >= 0.3 is 0 Å². The number of halogens is 2. The molecule has 1 saturated heterocycles. The Morgan fingerprint density at radius 3 is 2.88 bits per heavy atom. The van der Waals surface area contributed by atoms with Crippen LogP contribution < -0.4 is 5.32 Å². The van der Waals surface area contributed by atoms with E-state index < -0.39 is 0 Å². The first-order valence-electron chi connectivity index (χ1n) is 7.97. The number of imidazole rings is 1. The fourth-order valence-corrected chi connectivity index (χ4v) is 4.14. The summed E-state index contributed by atoms with van der Waals surface area (Å²) in [6.45, 7) is 4.15. The lowest BCUT2D eigenvalue weighted by Gasteiger charge is -2.37. The molecule has 2 aromatic rings. The number of carbonyl (C=O) groups is 1. The van der Waals surface area contributed by atoms with Crippen LogP contribution >= 0.6 is 35.8 Å². The summed E-state index contributed by atoms with van der Waals surface area (Å²) in [5.41, 5.74) is 0. The Hall–Kier alpha value is -1.21. The molecule has 1 aromatic heterocycles. The fraction of sp³-hybridized carbons (Fsp3) is 0.412. The van der Waals surface area contributed by atoms with Gasteiger partial charge in [-0.3, -0.25) is 4.79 Å². The molecule has 1 N–H and O–H groups in total. The number of aromatic nitrogens is 2. The van der Waals surface area contributed by atoms with E-state index in [9.17, 15) is 4.79 Å². The van der Waals surface area contributed by atoms with E-state index >= 15 is 0 Å². The molecule has 1 amide bonds. The lowest BCUT2D eigenvalue weighted by atomic mass is 10.1. The predicted molar refractivity (Wildman–Crippen MR) is 105 cm³/mol. The molecule has 1 aliphatic rings. The topological polar surface area (TPSA) is 50.2 Å². The molecule has 0 spiro atoms. The standard InChI is InChI=1S/C17H21ClN4OS.ClH/c1-12(24-15-6-4-3-5-13(15)18)17(23)22-10-7-19-11-14(22)16-20-8-9-21(16)2;/h3-6,8-9,12,14,19H,7,10-11H2,1-2H3;1H. The minimum atomic E-state index is -0.203. The van der Waals surface area contributed by atoms with Crippen LogP contribution in [0.25, 0.3) is 0 Å². The Balaban J connectivity index is 0.00000225. The molecule has 1 aromatic carbocycles. The number of benzene rings is 1. The van der Waals surface area contributed by atoms with Crippen molar-refractivity contribution in [1.29, 1.82) is 0 Å². The van der Waals surface area contributed by atoms with Gasteiger partial charge in [-0.05, 0) is 19.1 Å². The van der Waals surface area contributed by atoms with Crippen molar-refractivity contribution >= 4 is 41.7 Å². The second-order valence-electron chi connectivity index (χ2n) is 5.84. The zero-order valence-electron chi connectivity index (χ0n) is 14.2. The summed E-state index contributed by atoms with van der Waals surface area (Å²) in [7, 11) is 1.96. The second-order valence-corrected chi connectivity index (χ2v) is 7.63. The van der Waals surface area contributed by atoms with Crippen molar-refractivity contribution in [2.75, 3.05) is 19.6 Å². The van der Waals surface area contributed by atoms with E-state index in [1.165, 1.54) is 11.8 Å². The van der Waals surface area contributed by atoms with Crippen molar-refractivity contribution in [1.82, 2.24) is 19.8 Å². The maximum absolute atomic E-state index is 13.0. The zero-order valence-corrected chi connectivity index (χ0v) is 16.6. The lowest BCUT2D eigenvalue weighted by Crippen LogP contribution is -2.51. The Morgan fingerprint density at radius 2 is 2.20 bits per heavy atom. The average molecular weight is 401 g/mol. The molecule has 0 aliphatic carbocycles. The van der Waals surface area contributed by atoms with Gasteiger partial charge in [0.2, 0.25) is 5.91 Å². The molecule has 2 heterocycles. The summed E-state index contributed by atoms with van der Waals surface area (Å²) in [5.74, 6) is 1.03. The molecule has 2 unspecified atom stereocenters. The van der Waals surface area contributed by atoms with Crippen molar-refractivity contribution in [3.05, 3.63) is 47.5 Å². The van der Waals surface area contributed by atoms with Crippen LogP contribution in [0.3, 0.4) is 0 Å². The van der Waals surface area contributed by atoms with Gasteiger partial charge in [-0.15, -0.1) is 24.2 Å². The number of carbonyl (C=O) groups excluding carboxylic acids is 1. The van der Waals surface area contributed by atoms with Crippen LogP contribution in [0.15, 0.2) is 41.6 Å². The number of thioether (sulfide) groups is 1. The van der Waals surface area contributed by atoms with E-state index in [1.54, 1.807) is 6.20 Å². The highest BCUT2D eigenvalue weighted by molar-refractivity contribution is 8.00. The summed E-state index contributed by atoms with van der Waals surface area (Å²) < 4.78 is 1.98. The number of aryl methyl sites for hydroxylation is 1. The molecule has 25 heavy (non-hydrogen) atoms. The molecule has 0 radical (unpaired) electrons. The first-order chi connectivity index (χ1) is 11.6. The zero-order chi connectivity index (χ0) is 17.1. The van der Waals surface area contributed by atoms with Gasteiger partial charge < -0.3 is 14.8 Å². The van der Waals surface area contributed by atoms with E-state index in [1.807, 2.05) is 53.9 Å². The van der Waals surface area contributed by atoms with Crippen LogP contribution in [-0.4, -0.2) is 45.2 Å². The van der Waals surface area contributed by atoms with Crippen molar-refractivity contribution in [2.24, 2.45) is 7.05 Å². The van der Waals surface area contributed by atoms with E-state index in [-0.39, 0.29) is 29.6 Å². The predicted octanol–water partition coefficient (Wildman–Crippen LogP) is 3.15. The van der Waals surface area contributed by atoms with E-state index in [0.717, 1.165) is 23.8 Å². The highest BCUT2D eigenvalue weighted by Gasteiger charge is 2.33. The van der Waals surface area contributed by atoms with Gasteiger partial charge in [-0.25, -0.2) is 4.98 Å². The van der Waals surface area contributed by atoms with E-state index in [2.05, 4.69) is 10.3 Å². The van der Waals surface area contributed by atoms with Gasteiger partial charge in [0, 0.05) is 44.0 Å². The van der Waals surface area contributed by atoms with Crippen LogP contribution in [-0.2, 0) is 11.8 Å². The van der Waals surface area contributed by atoms with Crippen LogP contribution in [0.4, 0.5) is 0 Å². The average Bonchev–Trinajstić information content (AvgIpc) is 3.02. The smallest absolute Gasteiger partial charge is 0.236 e. The summed E-state index contributed by atoms with van der Waals surface area (Å²) in [6, 6.07) is 7.59. The Labute approximate surface area is 163 Å². The quantitative estimate of drug-likeness (QED) is 0.800. The van der Waals surface area contributed by atoms with Crippen molar-refractivity contribution in [2.45, 2.75) is 23.1 Å². The summed E-state index contributed by atoms with van der Waals surface area (Å²) in [6.07, 6.45) is 3.68. The van der Waals surface area contributed by atoms with Crippen molar-refractivity contribution in [3.8, 4) is 0 Å².